The van der Waals surface area contributed by atoms with E-state index in [0.717, 1.165) is 79.3 Å². The summed E-state index contributed by atoms with van der Waals surface area (Å²) in [4.78, 5) is 60.8. The van der Waals surface area contributed by atoms with Crippen LogP contribution >= 0.6 is 11.6 Å². The first-order valence-electron chi connectivity index (χ1n) is 22.3. The molecule has 3 aromatic carbocycles. The van der Waals surface area contributed by atoms with Crippen molar-refractivity contribution in [2.75, 3.05) is 51.0 Å². The van der Waals surface area contributed by atoms with Gasteiger partial charge in [-0.3, -0.25) is 43.4 Å². The minimum absolute atomic E-state index is 0.0174. The average molecular weight is 931 g/mol. The monoisotopic (exact) mass is 929 g/mol. The van der Waals surface area contributed by atoms with Gasteiger partial charge in [0.25, 0.3) is 5.56 Å². The zero-order chi connectivity index (χ0) is 45.8. The average Bonchev–Trinajstić information content (AvgIpc) is 3.86. The Labute approximate surface area is 381 Å². The topological polar surface area (TPSA) is 181 Å². The number of hydrogen-bond acceptors (Lipinski definition) is 10. The molecule has 1 unspecified atom stereocenters. The number of hydrogen-bond donors (Lipinski definition) is 2. The Hall–Kier alpha value is -5.43. The van der Waals surface area contributed by atoms with Crippen molar-refractivity contribution in [2.24, 2.45) is 12.5 Å². The molecule has 4 aliphatic rings. The van der Waals surface area contributed by atoms with Gasteiger partial charge in [-0.1, -0.05) is 30.7 Å². The lowest BCUT2D eigenvalue weighted by Gasteiger charge is -2.40. The fourth-order valence-electron chi connectivity index (χ4n) is 10.2. The lowest BCUT2D eigenvalue weighted by Crippen LogP contribution is -2.47. The van der Waals surface area contributed by atoms with Crippen LogP contribution in [-0.2, 0) is 31.6 Å². The van der Waals surface area contributed by atoms with Crippen LogP contribution in [0.3, 0.4) is 0 Å². The van der Waals surface area contributed by atoms with E-state index in [4.69, 9.17) is 21.4 Å². The molecule has 0 bridgehead atoms. The molecule has 2 aromatic heterocycles. The summed E-state index contributed by atoms with van der Waals surface area (Å²) < 4.78 is 53.1. The smallest absolute Gasteiger partial charge is 0.301 e. The van der Waals surface area contributed by atoms with Crippen LogP contribution in [0.15, 0.2) is 59.7 Å². The zero-order valence-corrected chi connectivity index (χ0v) is 38.3. The van der Waals surface area contributed by atoms with E-state index >= 15 is 4.39 Å². The summed E-state index contributed by atoms with van der Waals surface area (Å²) in [6, 6.07) is 13.2. The number of carbonyl (C=O) groups is 3. The van der Waals surface area contributed by atoms with Gasteiger partial charge in [0.2, 0.25) is 17.7 Å². The van der Waals surface area contributed by atoms with Crippen LogP contribution in [0.1, 0.15) is 93.8 Å². The maximum atomic E-state index is 15.0. The van der Waals surface area contributed by atoms with Crippen LogP contribution in [0.2, 0.25) is 5.02 Å². The van der Waals surface area contributed by atoms with Crippen molar-refractivity contribution < 1.29 is 31.9 Å². The number of likely N-dealkylation sites (tertiary alicyclic amines) is 2. The molecule has 19 heteroatoms. The van der Waals surface area contributed by atoms with Crippen molar-refractivity contribution in [3.05, 3.63) is 87.3 Å². The lowest BCUT2D eigenvalue weighted by molar-refractivity contribution is -0.135. The normalized spacial score (nSPS) is 20.9. The molecule has 1 spiro atoms. The third-order valence-electron chi connectivity index (χ3n) is 14.3. The minimum atomic E-state index is -3.94. The van der Waals surface area contributed by atoms with Crippen molar-refractivity contribution in [1.82, 2.24) is 38.8 Å². The van der Waals surface area contributed by atoms with Crippen LogP contribution in [-0.4, -0.2) is 106 Å². The van der Waals surface area contributed by atoms with Gasteiger partial charge in [-0.25, -0.2) is 9.37 Å². The molecular weight excluding hydrogens is 877 g/mol. The van der Waals surface area contributed by atoms with Gasteiger partial charge >= 0.3 is 10.2 Å². The van der Waals surface area contributed by atoms with Gasteiger partial charge in [0, 0.05) is 51.6 Å². The van der Waals surface area contributed by atoms with Gasteiger partial charge in [0.05, 0.1) is 46.6 Å². The van der Waals surface area contributed by atoms with Crippen molar-refractivity contribution in [3.8, 4) is 11.5 Å². The number of nitrogens with one attached hydrogen (secondary N) is 2. The van der Waals surface area contributed by atoms with Crippen LogP contribution in [0.25, 0.3) is 21.8 Å². The number of piperidine rings is 3. The van der Waals surface area contributed by atoms with E-state index in [-0.39, 0.29) is 63.5 Å². The van der Waals surface area contributed by atoms with E-state index in [9.17, 15) is 27.6 Å². The molecule has 3 aliphatic heterocycles. The highest BCUT2D eigenvalue weighted by Gasteiger charge is 2.43. The van der Waals surface area contributed by atoms with Gasteiger partial charge in [-0.05, 0) is 118 Å². The third kappa shape index (κ3) is 8.85. The number of amides is 3. The fraction of sp³-hybridized carbons (Fsp3) is 0.478. The first-order chi connectivity index (χ1) is 31.1. The molecule has 5 aromatic rings. The van der Waals surface area contributed by atoms with E-state index < -0.39 is 21.9 Å². The number of aromatic nitrogens is 4. The summed E-state index contributed by atoms with van der Waals surface area (Å²) in [6.45, 7) is 5.27. The second kappa shape index (κ2) is 17.8. The SMILES string of the molecule is CCN(C)S(=O)(=O)Nc1ccc(F)c(Oc2ccc3ncn([C@H]4CCC5(CCN(C(=O)CN6CCC(c7ccc8c(C9CCC(=O)NC9=O)nn(C)c8c7)CC6)CC5)C4)c(=O)c3c2)c1Cl. The Kier molecular flexibility index (Phi) is 12.2. The molecule has 16 nitrogen and oxygen atoms in total. The highest BCUT2D eigenvalue weighted by Crippen LogP contribution is 2.50. The summed E-state index contributed by atoms with van der Waals surface area (Å²) in [5.41, 5.74) is 3.07. The molecule has 1 saturated carbocycles. The second-order valence-electron chi connectivity index (χ2n) is 18.1. The molecule has 0 radical (unpaired) electrons. The zero-order valence-electron chi connectivity index (χ0n) is 36.7. The lowest BCUT2D eigenvalue weighted by atomic mass is 9.77. The molecule has 3 saturated heterocycles. The number of halogens is 2. The van der Waals surface area contributed by atoms with Crippen LogP contribution in [0, 0.1) is 11.2 Å². The highest BCUT2D eigenvalue weighted by molar-refractivity contribution is 7.90. The predicted molar refractivity (Wildman–Crippen MR) is 244 cm³/mol. The summed E-state index contributed by atoms with van der Waals surface area (Å²) in [6.07, 6.45) is 8.49. The summed E-state index contributed by atoms with van der Waals surface area (Å²) in [5.74, 6) is -1.53. The van der Waals surface area contributed by atoms with Gasteiger partial charge < -0.3 is 9.64 Å². The third-order valence-corrected chi connectivity index (χ3v) is 16.2. The Morgan fingerprint density at radius 1 is 1.00 bits per heavy atom. The van der Waals surface area contributed by atoms with Gasteiger partial charge in [-0.2, -0.15) is 17.8 Å². The standard InChI is InChI=1S/C46H53ClFN9O7S/c1-4-53(2)65(62,63)52-37-11-9-35(48)43(41(37)47)64-31-6-10-36-34(24-31)45(61)57(27-49-36)30-13-16-46(25-30)17-21-56(22-18-46)40(59)26-55-19-14-28(15-20-55)29-5-7-32-38(23-29)54(3)51-42(32)33-8-12-39(58)50-44(33)60/h5-7,9-11,23-24,27-28,30,33,52H,4,8,12-22,25-26H2,1-3H3,(H,50,58,60)/t30-,33?/m0/s1. The Bertz CT molecular complexity index is 2870. The van der Waals surface area contributed by atoms with E-state index in [1.54, 1.807) is 30.0 Å². The first-order valence-corrected chi connectivity index (χ1v) is 24.1. The molecule has 2 N–H and O–H groups in total. The van der Waals surface area contributed by atoms with Crippen molar-refractivity contribution in [3.63, 3.8) is 0 Å². The van der Waals surface area contributed by atoms with Gasteiger partial charge in [0.15, 0.2) is 11.6 Å². The van der Waals surface area contributed by atoms with Crippen LogP contribution in [0.5, 0.6) is 11.5 Å². The molecule has 9 rings (SSSR count). The number of benzene rings is 3. The number of carbonyl (C=O) groups excluding carboxylic acids is 3. The van der Waals surface area contributed by atoms with E-state index in [1.165, 1.54) is 24.7 Å². The Morgan fingerprint density at radius 2 is 1.77 bits per heavy atom. The molecule has 3 amide bonds. The quantitative estimate of drug-likeness (QED) is 0.145. The summed E-state index contributed by atoms with van der Waals surface area (Å²) in [7, 11) is -0.656. The predicted octanol–water partition coefficient (Wildman–Crippen LogP) is 6.21. The van der Waals surface area contributed by atoms with Gasteiger partial charge in [0.1, 0.15) is 10.8 Å². The maximum Gasteiger partial charge on any atom is 0.301 e. The first kappa shape index (κ1) is 44.8. The van der Waals surface area contributed by atoms with Crippen LogP contribution < -0.4 is 20.3 Å². The maximum absolute atomic E-state index is 15.0. The molecule has 1 aliphatic carbocycles. The molecule has 344 valence electrons. The molecule has 5 heterocycles. The Morgan fingerprint density at radius 3 is 2.51 bits per heavy atom. The van der Waals surface area contributed by atoms with Crippen LogP contribution in [0.4, 0.5) is 10.1 Å². The van der Waals surface area contributed by atoms with Gasteiger partial charge in [-0.15, -0.1) is 0 Å². The highest BCUT2D eigenvalue weighted by atomic mass is 35.5. The number of nitrogens with zero attached hydrogens (tertiary/aromatic N) is 7. The number of rotatable bonds is 11. The van der Waals surface area contributed by atoms with Crippen molar-refractivity contribution >= 4 is 67.0 Å². The number of fused-ring (bicyclic) bond motifs is 2. The van der Waals surface area contributed by atoms with E-state index in [0.29, 0.717) is 55.0 Å². The van der Waals surface area contributed by atoms with Crippen molar-refractivity contribution in [2.45, 2.75) is 82.6 Å². The molecular formula is C46H53ClFN9O7S. The molecule has 2 atom stereocenters. The molecule has 65 heavy (non-hydrogen) atoms. The number of aryl methyl sites for hydroxylation is 1. The van der Waals surface area contributed by atoms with E-state index in [2.05, 4.69) is 38.1 Å². The minimum Gasteiger partial charge on any atom is -0.453 e. The number of anilines is 1. The fourth-order valence-corrected chi connectivity index (χ4v) is 11.5. The number of ether oxygens (including phenoxy) is 1. The summed E-state index contributed by atoms with van der Waals surface area (Å²) >= 11 is 6.46. The molecule has 4 fully saturated rings. The second-order valence-corrected chi connectivity index (χ2v) is 20.3. The van der Waals surface area contributed by atoms with E-state index in [1.807, 2.05) is 16.6 Å². The van der Waals surface area contributed by atoms with Crippen molar-refractivity contribution in [1.29, 1.82) is 0 Å². The summed E-state index contributed by atoms with van der Waals surface area (Å²) in [5, 5.41) is 8.10. The largest absolute Gasteiger partial charge is 0.453 e. The Balaban J connectivity index is 0.788. The number of imide groups is 1.